The first-order valence-electron chi connectivity index (χ1n) is 7.03. The molecule has 2 heterocycles. The number of aryl methyl sites for hydroxylation is 1. The molecule has 0 bridgehead atoms. The summed E-state index contributed by atoms with van der Waals surface area (Å²) in [4.78, 5) is 10.5. The zero-order valence-corrected chi connectivity index (χ0v) is 13.9. The SMILES string of the molecule is Cc1occc1-c1nnc(Sc2ccc([N+](=O)[O-])c(OC(F)F)c2)n1N. The number of furan rings is 1. The summed E-state index contributed by atoms with van der Waals surface area (Å²) in [6.07, 6.45) is 1.48. The fourth-order valence-corrected chi connectivity index (χ4v) is 2.93. The topological polar surface area (TPSA) is 122 Å². The lowest BCUT2D eigenvalue weighted by molar-refractivity contribution is -0.386. The molecule has 9 nitrogen and oxygen atoms in total. The zero-order chi connectivity index (χ0) is 18.8. The number of nitro benzene ring substituents is 1. The van der Waals surface area contributed by atoms with E-state index in [0.717, 1.165) is 23.9 Å². The zero-order valence-electron chi connectivity index (χ0n) is 13.1. The van der Waals surface area contributed by atoms with Gasteiger partial charge in [0.2, 0.25) is 10.9 Å². The number of nitrogens with zero attached hydrogens (tertiary/aromatic N) is 4. The Morgan fingerprint density at radius 2 is 2.15 bits per heavy atom. The Hall–Kier alpha value is -3.15. The summed E-state index contributed by atoms with van der Waals surface area (Å²) in [6, 6.07) is 5.24. The predicted octanol–water partition coefficient (Wildman–Crippen LogP) is 3.22. The molecule has 0 spiro atoms. The largest absolute Gasteiger partial charge is 0.469 e. The molecule has 26 heavy (non-hydrogen) atoms. The van der Waals surface area contributed by atoms with Crippen molar-refractivity contribution in [1.82, 2.24) is 14.9 Å². The van der Waals surface area contributed by atoms with Gasteiger partial charge in [-0.25, -0.2) is 4.68 Å². The van der Waals surface area contributed by atoms with Gasteiger partial charge in [0, 0.05) is 17.0 Å². The normalized spacial score (nSPS) is 11.1. The summed E-state index contributed by atoms with van der Waals surface area (Å²) in [5, 5.41) is 19.1. The monoisotopic (exact) mass is 383 g/mol. The summed E-state index contributed by atoms with van der Waals surface area (Å²) in [5.74, 6) is 6.38. The Kier molecular flexibility index (Phi) is 4.75. The average Bonchev–Trinajstić information content (AvgIpc) is 3.13. The van der Waals surface area contributed by atoms with Crippen LogP contribution in [0.5, 0.6) is 5.75 Å². The molecule has 3 rings (SSSR count). The number of benzene rings is 1. The Labute approximate surface area is 148 Å². The number of alkyl halides is 2. The summed E-state index contributed by atoms with van der Waals surface area (Å²) in [7, 11) is 0. The molecule has 0 saturated carbocycles. The van der Waals surface area contributed by atoms with Gasteiger partial charge in [0.25, 0.3) is 0 Å². The third-order valence-corrected chi connectivity index (χ3v) is 4.27. The Morgan fingerprint density at radius 1 is 1.38 bits per heavy atom. The molecule has 136 valence electrons. The number of halogens is 2. The van der Waals surface area contributed by atoms with Gasteiger partial charge in [0.05, 0.1) is 16.7 Å². The van der Waals surface area contributed by atoms with Crippen molar-refractivity contribution in [3.05, 3.63) is 46.4 Å². The number of ether oxygens (including phenoxy) is 1. The van der Waals surface area contributed by atoms with Gasteiger partial charge >= 0.3 is 12.3 Å². The molecule has 2 aromatic heterocycles. The van der Waals surface area contributed by atoms with Crippen LogP contribution in [0.1, 0.15) is 5.76 Å². The first kappa shape index (κ1) is 17.7. The van der Waals surface area contributed by atoms with E-state index in [4.69, 9.17) is 10.3 Å². The van der Waals surface area contributed by atoms with Gasteiger partial charge in [-0.3, -0.25) is 10.1 Å². The standard InChI is InChI=1S/C14H11F2N5O4S/c1-7-9(4-5-24-7)12-18-19-14(20(12)17)26-8-2-3-10(21(22)23)11(6-8)25-13(15)16/h2-6,13H,17H2,1H3. The van der Waals surface area contributed by atoms with E-state index in [0.29, 0.717) is 22.0 Å². The molecule has 0 amide bonds. The number of hydrogen-bond donors (Lipinski definition) is 1. The van der Waals surface area contributed by atoms with Crippen molar-refractivity contribution in [2.24, 2.45) is 0 Å². The van der Waals surface area contributed by atoms with Gasteiger partial charge in [0.1, 0.15) is 5.76 Å². The van der Waals surface area contributed by atoms with Crippen LogP contribution in [0.3, 0.4) is 0 Å². The number of aromatic nitrogens is 3. The maximum Gasteiger partial charge on any atom is 0.387 e. The smallest absolute Gasteiger partial charge is 0.387 e. The molecule has 0 unspecified atom stereocenters. The van der Waals surface area contributed by atoms with Gasteiger partial charge < -0.3 is 15.0 Å². The molecule has 0 radical (unpaired) electrons. The Bertz CT molecular complexity index is 959. The lowest BCUT2D eigenvalue weighted by atomic mass is 10.2. The van der Waals surface area contributed by atoms with Crippen LogP contribution >= 0.6 is 11.8 Å². The van der Waals surface area contributed by atoms with Crippen molar-refractivity contribution < 1.29 is 22.9 Å². The molecule has 2 N–H and O–H groups in total. The highest BCUT2D eigenvalue weighted by Crippen LogP contribution is 2.36. The van der Waals surface area contributed by atoms with Crippen LogP contribution in [0.4, 0.5) is 14.5 Å². The minimum absolute atomic E-state index is 0.248. The van der Waals surface area contributed by atoms with Crippen molar-refractivity contribution in [2.75, 3.05) is 5.84 Å². The highest BCUT2D eigenvalue weighted by atomic mass is 32.2. The molecule has 0 saturated heterocycles. The van der Waals surface area contributed by atoms with Crippen LogP contribution in [-0.4, -0.2) is 26.4 Å². The van der Waals surface area contributed by atoms with Gasteiger partial charge in [-0.15, -0.1) is 10.2 Å². The van der Waals surface area contributed by atoms with E-state index in [9.17, 15) is 18.9 Å². The number of hydrogen-bond acceptors (Lipinski definition) is 8. The summed E-state index contributed by atoms with van der Waals surface area (Å²) >= 11 is 0.986. The van der Waals surface area contributed by atoms with Gasteiger partial charge in [-0.1, -0.05) is 0 Å². The van der Waals surface area contributed by atoms with E-state index in [-0.39, 0.29) is 5.16 Å². The molecule has 0 fully saturated rings. The number of nitrogen functional groups attached to an aromatic ring is 1. The lowest BCUT2D eigenvalue weighted by Crippen LogP contribution is -2.11. The second kappa shape index (κ2) is 7.00. The van der Waals surface area contributed by atoms with Gasteiger partial charge in [-0.2, -0.15) is 8.78 Å². The lowest BCUT2D eigenvalue weighted by Gasteiger charge is -2.07. The number of nitro groups is 1. The molecule has 1 aromatic carbocycles. The second-order valence-corrected chi connectivity index (χ2v) is 5.97. The van der Waals surface area contributed by atoms with E-state index in [1.165, 1.54) is 17.0 Å². The first-order chi connectivity index (χ1) is 12.4. The van der Waals surface area contributed by atoms with E-state index < -0.39 is 23.0 Å². The van der Waals surface area contributed by atoms with E-state index >= 15 is 0 Å². The van der Waals surface area contributed by atoms with Gasteiger partial charge in [0.15, 0.2) is 5.82 Å². The number of rotatable bonds is 6. The minimum atomic E-state index is -3.19. The van der Waals surface area contributed by atoms with Crippen molar-refractivity contribution in [3.63, 3.8) is 0 Å². The average molecular weight is 383 g/mol. The summed E-state index contributed by atoms with van der Waals surface area (Å²) in [5.41, 5.74) is 0.0795. The highest BCUT2D eigenvalue weighted by Gasteiger charge is 2.21. The van der Waals surface area contributed by atoms with Crippen LogP contribution < -0.4 is 10.6 Å². The van der Waals surface area contributed by atoms with Crippen LogP contribution in [-0.2, 0) is 0 Å². The summed E-state index contributed by atoms with van der Waals surface area (Å²) < 4.78 is 35.6. The predicted molar refractivity (Wildman–Crippen MR) is 86.5 cm³/mol. The van der Waals surface area contributed by atoms with Crippen LogP contribution in [0.15, 0.2) is 45.0 Å². The van der Waals surface area contributed by atoms with Gasteiger partial charge in [-0.05, 0) is 30.8 Å². The molecule has 0 aliphatic heterocycles. The molecule has 3 aromatic rings. The number of nitrogens with two attached hydrogens (primary N) is 1. The molecule has 0 atom stereocenters. The fourth-order valence-electron chi connectivity index (χ4n) is 2.15. The summed E-state index contributed by atoms with van der Waals surface area (Å²) in [6.45, 7) is -1.45. The molecule has 12 heteroatoms. The van der Waals surface area contributed by atoms with E-state index in [1.54, 1.807) is 13.0 Å². The quantitative estimate of drug-likeness (QED) is 0.391. The molecular weight excluding hydrogens is 372 g/mol. The van der Waals surface area contributed by atoms with Crippen LogP contribution in [0.25, 0.3) is 11.4 Å². The van der Waals surface area contributed by atoms with E-state index in [1.807, 2.05) is 0 Å². The van der Waals surface area contributed by atoms with Crippen molar-refractivity contribution in [2.45, 2.75) is 23.6 Å². The molecule has 0 aliphatic rings. The molecular formula is C14H11F2N5O4S. The molecule has 0 aliphatic carbocycles. The maximum atomic E-state index is 12.5. The van der Waals surface area contributed by atoms with Crippen molar-refractivity contribution in [3.8, 4) is 17.1 Å². The third-order valence-electron chi connectivity index (χ3n) is 3.32. The van der Waals surface area contributed by atoms with Crippen LogP contribution in [0.2, 0.25) is 0 Å². The second-order valence-electron chi connectivity index (χ2n) is 4.93. The van der Waals surface area contributed by atoms with Crippen molar-refractivity contribution >= 4 is 17.4 Å². The Morgan fingerprint density at radius 3 is 2.77 bits per heavy atom. The maximum absolute atomic E-state index is 12.5. The first-order valence-corrected chi connectivity index (χ1v) is 7.84. The van der Waals surface area contributed by atoms with Crippen molar-refractivity contribution in [1.29, 1.82) is 0 Å². The van der Waals surface area contributed by atoms with Crippen LogP contribution in [0, 0.1) is 17.0 Å². The minimum Gasteiger partial charge on any atom is -0.469 e. The van der Waals surface area contributed by atoms with E-state index in [2.05, 4.69) is 14.9 Å². The third kappa shape index (κ3) is 3.44. The fraction of sp³-hybridized carbons (Fsp3) is 0.143. The Balaban J connectivity index is 1.91. The highest BCUT2D eigenvalue weighted by molar-refractivity contribution is 7.99.